The highest BCUT2D eigenvalue weighted by Crippen LogP contribution is 2.11. The third-order valence-corrected chi connectivity index (χ3v) is 3.03. The molecule has 0 spiro atoms. The predicted molar refractivity (Wildman–Crippen MR) is 81.6 cm³/mol. The second kappa shape index (κ2) is 6.33. The summed E-state index contributed by atoms with van der Waals surface area (Å²) >= 11 is 0. The largest absolute Gasteiger partial charge is 0.289 e. The van der Waals surface area contributed by atoms with Crippen molar-refractivity contribution in [1.82, 2.24) is 9.78 Å². The summed E-state index contributed by atoms with van der Waals surface area (Å²) in [7, 11) is 1.85. The lowest BCUT2D eigenvalue weighted by molar-refractivity contribution is 0.104. The third-order valence-electron chi connectivity index (χ3n) is 3.03. The molecule has 0 radical (unpaired) electrons. The Morgan fingerprint density at radius 1 is 1.30 bits per heavy atom. The highest BCUT2D eigenvalue weighted by atomic mass is 16.1. The number of aryl methyl sites for hydroxylation is 1. The van der Waals surface area contributed by atoms with Crippen LogP contribution in [0, 0.1) is 5.92 Å². The van der Waals surface area contributed by atoms with Crippen LogP contribution in [0.15, 0.2) is 42.7 Å². The van der Waals surface area contributed by atoms with Gasteiger partial charge in [-0.25, -0.2) is 0 Å². The molecule has 0 unspecified atom stereocenters. The van der Waals surface area contributed by atoms with E-state index < -0.39 is 0 Å². The topological polar surface area (TPSA) is 34.9 Å². The zero-order valence-electron chi connectivity index (χ0n) is 12.2. The second-order valence-corrected chi connectivity index (χ2v) is 5.44. The van der Waals surface area contributed by atoms with E-state index in [9.17, 15) is 4.79 Å². The molecule has 104 valence electrons. The summed E-state index contributed by atoms with van der Waals surface area (Å²) < 4.78 is 1.71. The molecule has 0 fully saturated rings. The number of hydrogen-bond acceptors (Lipinski definition) is 2. The third kappa shape index (κ3) is 3.92. The molecule has 3 nitrogen and oxygen atoms in total. The molecule has 1 aromatic carbocycles. The fraction of sp³-hybridized carbons (Fsp3) is 0.294. The number of benzene rings is 1. The standard InChI is InChI=1S/C17H20N2O/c1-13(2)10-14-4-7-16(8-5-14)17(20)9-6-15-11-18-19(3)12-15/h4-9,11-13H,10H2,1-3H3. The van der Waals surface area contributed by atoms with Gasteiger partial charge in [0.2, 0.25) is 0 Å². The number of hydrogen-bond donors (Lipinski definition) is 0. The molecule has 3 heteroatoms. The summed E-state index contributed by atoms with van der Waals surface area (Å²) in [6.45, 7) is 4.38. The predicted octanol–water partition coefficient (Wildman–Crippen LogP) is 3.51. The first kappa shape index (κ1) is 14.3. The Bertz CT molecular complexity index is 606. The van der Waals surface area contributed by atoms with E-state index in [2.05, 4.69) is 18.9 Å². The Hall–Kier alpha value is -2.16. The number of carbonyl (C=O) groups excluding carboxylic acids is 1. The molecule has 0 N–H and O–H groups in total. The Labute approximate surface area is 119 Å². The van der Waals surface area contributed by atoms with Crippen LogP contribution < -0.4 is 0 Å². The quantitative estimate of drug-likeness (QED) is 0.614. The van der Waals surface area contributed by atoms with E-state index in [1.54, 1.807) is 23.0 Å². The van der Waals surface area contributed by atoms with Crippen LogP contribution in [0.4, 0.5) is 0 Å². The van der Waals surface area contributed by atoms with Gasteiger partial charge in [-0.3, -0.25) is 9.48 Å². The molecule has 0 saturated heterocycles. The van der Waals surface area contributed by atoms with Crippen LogP contribution in [0.25, 0.3) is 6.08 Å². The molecule has 0 saturated carbocycles. The Morgan fingerprint density at radius 2 is 2.00 bits per heavy atom. The van der Waals surface area contributed by atoms with E-state index in [-0.39, 0.29) is 5.78 Å². The lowest BCUT2D eigenvalue weighted by atomic mass is 10.0. The minimum atomic E-state index is 0.0185. The first-order valence-electron chi connectivity index (χ1n) is 6.84. The molecule has 1 aromatic heterocycles. The number of allylic oxidation sites excluding steroid dienone is 1. The van der Waals surface area contributed by atoms with Crippen molar-refractivity contribution < 1.29 is 4.79 Å². The number of carbonyl (C=O) groups is 1. The van der Waals surface area contributed by atoms with Gasteiger partial charge in [0.15, 0.2) is 5.78 Å². The van der Waals surface area contributed by atoms with E-state index >= 15 is 0 Å². The lowest BCUT2D eigenvalue weighted by Crippen LogP contribution is -1.97. The van der Waals surface area contributed by atoms with Crippen molar-refractivity contribution in [2.24, 2.45) is 13.0 Å². The SMILES string of the molecule is CC(C)Cc1ccc(C(=O)C=Cc2cnn(C)c2)cc1. The van der Waals surface area contributed by atoms with Gasteiger partial charge in [0.1, 0.15) is 0 Å². The zero-order valence-corrected chi connectivity index (χ0v) is 12.2. The summed E-state index contributed by atoms with van der Waals surface area (Å²) in [6, 6.07) is 7.86. The van der Waals surface area contributed by atoms with Gasteiger partial charge < -0.3 is 0 Å². The molecule has 0 amide bonds. The Morgan fingerprint density at radius 3 is 2.55 bits per heavy atom. The molecule has 0 aliphatic rings. The van der Waals surface area contributed by atoms with Gasteiger partial charge in [0, 0.05) is 24.4 Å². The molecule has 2 aromatic rings. The second-order valence-electron chi connectivity index (χ2n) is 5.44. The molecule has 0 atom stereocenters. The van der Waals surface area contributed by atoms with Crippen molar-refractivity contribution in [1.29, 1.82) is 0 Å². The molecule has 2 rings (SSSR count). The maximum absolute atomic E-state index is 12.0. The fourth-order valence-corrected chi connectivity index (χ4v) is 2.07. The molecular formula is C17H20N2O. The average Bonchev–Trinajstić information content (AvgIpc) is 2.82. The van der Waals surface area contributed by atoms with Gasteiger partial charge in [-0.15, -0.1) is 0 Å². The van der Waals surface area contributed by atoms with E-state index in [1.165, 1.54) is 5.56 Å². The van der Waals surface area contributed by atoms with Gasteiger partial charge in [0.25, 0.3) is 0 Å². The molecule has 0 aliphatic carbocycles. The van der Waals surface area contributed by atoms with Crippen LogP contribution in [-0.2, 0) is 13.5 Å². The minimum absolute atomic E-state index is 0.0185. The van der Waals surface area contributed by atoms with Gasteiger partial charge in [-0.1, -0.05) is 38.1 Å². The van der Waals surface area contributed by atoms with Gasteiger partial charge in [-0.2, -0.15) is 5.10 Å². The number of aromatic nitrogens is 2. The van der Waals surface area contributed by atoms with Crippen molar-refractivity contribution in [3.05, 3.63) is 59.4 Å². The van der Waals surface area contributed by atoms with Crippen LogP contribution in [0.3, 0.4) is 0 Å². The Balaban J connectivity index is 2.04. The lowest BCUT2D eigenvalue weighted by Gasteiger charge is -2.05. The average molecular weight is 268 g/mol. The number of rotatable bonds is 5. The van der Waals surface area contributed by atoms with Crippen molar-refractivity contribution in [3.8, 4) is 0 Å². The maximum Gasteiger partial charge on any atom is 0.185 e. The zero-order chi connectivity index (χ0) is 14.5. The number of nitrogens with zero attached hydrogens (tertiary/aromatic N) is 2. The number of ketones is 1. The van der Waals surface area contributed by atoms with Crippen LogP contribution in [0.2, 0.25) is 0 Å². The Kier molecular flexibility index (Phi) is 4.51. The molecular weight excluding hydrogens is 248 g/mol. The van der Waals surface area contributed by atoms with Crippen LogP contribution >= 0.6 is 0 Å². The summed E-state index contributed by atoms with van der Waals surface area (Å²) in [4.78, 5) is 12.0. The summed E-state index contributed by atoms with van der Waals surface area (Å²) in [6.07, 6.45) is 8.02. The van der Waals surface area contributed by atoms with Crippen LogP contribution in [0.5, 0.6) is 0 Å². The van der Waals surface area contributed by atoms with E-state index in [0.29, 0.717) is 5.92 Å². The molecule has 0 bridgehead atoms. The fourth-order valence-electron chi connectivity index (χ4n) is 2.07. The van der Waals surface area contributed by atoms with Gasteiger partial charge in [0.05, 0.1) is 6.20 Å². The first-order valence-corrected chi connectivity index (χ1v) is 6.84. The summed E-state index contributed by atoms with van der Waals surface area (Å²) in [5.41, 5.74) is 2.92. The highest BCUT2D eigenvalue weighted by Gasteiger charge is 2.03. The maximum atomic E-state index is 12.0. The minimum Gasteiger partial charge on any atom is -0.289 e. The smallest absolute Gasteiger partial charge is 0.185 e. The molecule has 20 heavy (non-hydrogen) atoms. The normalized spacial score (nSPS) is 11.4. The first-order chi connectivity index (χ1) is 9.54. The summed E-state index contributed by atoms with van der Waals surface area (Å²) in [5, 5.41) is 4.06. The summed E-state index contributed by atoms with van der Waals surface area (Å²) in [5.74, 6) is 0.645. The van der Waals surface area contributed by atoms with Crippen LogP contribution in [0.1, 0.15) is 35.3 Å². The highest BCUT2D eigenvalue weighted by molar-refractivity contribution is 6.06. The van der Waals surface area contributed by atoms with Crippen LogP contribution in [-0.4, -0.2) is 15.6 Å². The molecule has 1 heterocycles. The van der Waals surface area contributed by atoms with Crippen molar-refractivity contribution in [3.63, 3.8) is 0 Å². The molecule has 0 aliphatic heterocycles. The van der Waals surface area contributed by atoms with E-state index in [0.717, 1.165) is 17.5 Å². The monoisotopic (exact) mass is 268 g/mol. The van der Waals surface area contributed by atoms with Gasteiger partial charge >= 0.3 is 0 Å². The van der Waals surface area contributed by atoms with Gasteiger partial charge in [-0.05, 0) is 30.1 Å². The van der Waals surface area contributed by atoms with Crippen molar-refractivity contribution in [2.45, 2.75) is 20.3 Å². The van der Waals surface area contributed by atoms with E-state index in [4.69, 9.17) is 0 Å². The van der Waals surface area contributed by atoms with E-state index in [1.807, 2.05) is 37.5 Å². The van der Waals surface area contributed by atoms with Crippen molar-refractivity contribution >= 4 is 11.9 Å². The van der Waals surface area contributed by atoms with Crippen molar-refractivity contribution in [2.75, 3.05) is 0 Å².